The highest BCUT2D eigenvalue weighted by Crippen LogP contribution is 2.12. The number of aromatic nitrogens is 3. The molecule has 7 heteroatoms. The van der Waals surface area contributed by atoms with Crippen molar-refractivity contribution < 1.29 is 9.53 Å². The van der Waals surface area contributed by atoms with Gasteiger partial charge in [0, 0.05) is 31.6 Å². The first-order valence-electron chi connectivity index (χ1n) is 8.52. The lowest BCUT2D eigenvalue weighted by atomic mass is 10.2. The van der Waals surface area contributed by atoms with Crippen LogP contribution in [0.3, 0.4) is 0 Å². The zero-order chi connectivity index (χ0) is 19.1. The molecule has 0 spiro atoms. The molecule has 0 fully saturated rings. The third-order valence-corrected chi connectivity index (χ3v) is 4.01. The van der Waals surface area contributed by atoms with Crippen molar-refractivity contribution in [2.75, 3.05) is 20.3 Å². The first-order valence-corrected chi connectivity index (χ1v) is 8.52. The van der Waals surface area contributed by atoms with Crippen LogP contribution in [0.4, 0.5) is 0 Å². The fourth-order valence-electron chi connectivity index (χ4n) is 2.60. The minimum absolute atomic E-state index is 0.0123. The number of hydrogen-bond donors (Lipinski definition) is 1. The van der Waals surface area contributed by atoms with Crippen LogP contribution in [0.1, 0.15) is 16.1 Å². The Labute approximate surface area is 156 Å². The van der Waals surface area contributed by atoms with E-state index in [1.54, 1.807) is 13.3 Å². The lowest BCUT2D eigenvalue weighted by molar-refractivity contribution is 0.0675. The van der Waals surface area contributed by atoms with Crippen LogP contribution in [0.25, 0.3) is 11.4 Å². The molecule has 3 aromatic rings. The van der Waals surface area contributed by atoms with Gasteiger partial charge in [0.1, 0.15) is 11.4 Å². The van der Waals surface area contributed by atoms with E-state index in [0.717, 1.165) is 11.3 Å². The number of aromatic amines is 1. The molecule has 0 aliphatic heterocycles. The number of rotatable bonds is 7. The van der Waals surface area contributed by atoms with Crippen molar-refractivity contribution in [1.29, 1.82) is 0 Å². The monoisotopic (exact) mass is 364 g/mol. The third-order valence-electron chi connectivity index (χ3n) is 4.01. The molecule has 0 aliphatic carbocycles. The second-order valence-corrected chi connectivity index (χ2v) is 5.88. The summed E-state index contributed by atoms with van der Waals surface area (Å²) in [7, 11) is 1.56. The Kier molecular flexibility index (Phi) is 6.06. The highest BCUT2D eigenvalue weighted by molar-refractivity contribution is 5.93. The number of carbonyl (C=O) groups is 1. The molecule has 3 rings (SSSR count). The van der Waals surface area contributed by atoms with Gasteiger partial charge in [0.2, 0.25) is 0 Å². The number of carbonyl (C=O) groups excluding carboxylic acids is 1. The quantitative estimate of drug-likeness (QED) is 0.694. The van der Waals surface area contributed by atoms with E-state index >= 15 is 0 Å². The van der Waals surface area contributed by atoms with Crippen LogP contribution in [0.2, 0.25) is 0 Å². The fraction of sp³-hybridized carbons (Fsp3) is 0.200. The second kappa shape index (κ2) is 8.86. The summed E-state index contributed by atoms with van der Waals surface area (Å²) in [6.07, 6.45) is 2.99. The van der Waals surface area contributed by atoms with Crippen LogP contribution in [-0.2, 0) is 11.3 Å². The average molecular weight is 364 g/mol. The molecule has 2 heterocycles. The van der Waals surface area contributed by atoms with Crippen LogP contribution >= 0.6 is 0 Å². The summed E-state index contributed by atoms with van der Waals surface area (Å²) in [5, 5.41) is 0. The predicted molar refractivity (Wildman–Crippen MR) is 101 cm³/mol. The number of benzene rings is 1. The van der Waals surface area contributed by atoms with Crippen molar-refractivity contribution in [3.8, 4) is 11.4 Å². The number of amides is 1. The standard InChI is InChI=1S/C20H20N4O3/c1-27-12-11-24(14-16-9-5-6-10-21-16)20(26)17-13-22-18(23-19(17)25)15-7-3-2-4-8-15/h2-10,13H,11-12,14H2,1H3,(H,22,23,25). The van der Waals surface area contributed by atoms with Gasteiger partial charge in [-0.3, -0.25) is 14.6 Å². The van der Waals surface area contributed by atoms with E-state index in [0.29, 0.717) is 19.0 Å². The topological polar surface area (TPSA) is 88.2 Å². The van der Waals surface area contributed by atoms with E-state index in [2.05, 4.69) is 15.0 Å². The maximum atomic E-state index is 12.9. The zero-order valence-electron chi connectivity index (χ0n) is 15.0. The molecular formula is C20H20N4O3. The van der Waals surface area contributed by atoms with Gasteiger partial charge >= 0.3 is 0 Å². The molecular weight excluding hydrogens is 344 g/mol. The summed E-state index contributed by atoms with van der Waals surface area (Å²) < 4.78 is 5.09. The van der Waals surface area contributed by atoms with Gasteiger partial charge in [-0.2, -0.15) is 0 Å². The van der Waals surface area contributed by atoms with E-state index in [1.807, 2.05) is 48.5 Å². The van der Waals surface area contributed by atoms with Crippen LogP contribution in [-0.4, -0.2) is 46.0 Å². The highest BCUT2D eigenvalue weighted by Gasteiger charge is 2.20. The van der Waals surface area contributed by atoms with Gasteiger partial charge in [0.25, 0.3) is 11.5 Å². The average Bonchev–Trinajstić information content (AvgIpc) is 2.72. The van der Waals surface area contributed by atoms with Gasteiger partial charge in [-0.1, -0.05) is 36.4 Å². The van der Waals surface area contributed by atoms with Crippen LogP contribution in [0.5, 0.6) is 0 Å². The smallest absolute Gasteiger partial charge is 0.264 e. The molecule has 138 valence electrons. The predicted octanol–water partition coefficient (Wildman–Crippen LogP) is 2.12. The number of methoxy groups -OCH3 is 1. The van der Waals surface area contributed by atoms with Gasteiger partial charge < -0.3 is 14.6 Å². The summed E-state index contributed by atoms with van der Waals surface area (Å²) >= 11 is 0. The maximum absolute atomic E-state index is 12.9. The second-order valence-electron chi connectivity index (χ2n) is 5.88. The first kappa shape index (κ1) is 18.5. The summed E-state index contributed by atoms with van der Waals surface area (Å²) in [6.45, 7) is 0.973. The Morgan fingerprint density at radius 1 is 1.11 bits per heavy atom. The van der Waals surface area contributed by atoms with Gasteiger partial charge in [-0.15, -0.1) is 0 Å². The fourth-order valence-corrected chi connectivity index (χ4v) is 2.60. The Hall–Kier alpha value is -3.32. The van der Waals surface area contributed by atoms with Crippen LogP contribution in [0, 0.1) is 0 Å². The Morgan fingerprint density at radius 2 is 1.89 bits per heavy atom. The molecule has 1 N–H and O–H groups in total. The molecule has 27 heavy (non-hydrogen) atoms. The molecule has 0 unspecified atom stereocenters. The number of H-pyrrole nitrogens is 1. The molecule has 1 aromatic carbocycles. The van der Waals surface area contributed by atoms with E-state index < -0.39 is 11.5 Å². The molecule has 7 nitrogen and oxygen atoms in total. The Morgan fingerprint density at radius 3 is 2.56 bits per heavy atom. The zero-order valence-corrected chi connectivity index (χ0v) is 15.0. The van der Waals surface area contributed by atoms with Crippen molar-refractivity contribution in [3.05, 3.63) is 82.5 Å². The molecule has 0 radical (unpaired) electrons. The molecule has 0 bridgehead atoms. The van der Waals surface area contributed by atoms with E-state index in [1.165, 1.54) is 11.1 Å². The van der Waals surface area contributed by atoms with Crippen molar-refractivity contribution in [3.63, 3.8) is 0 Å². The Balaban J connectivity index is 1.85. The van der Waals surface area contributed by atoms with Crippen molar-refractivity contribution in [1.82, 2.24) is 19.9 Å². The highest BCUT2D eigenvalue weighted by atomic mass is 16.5. The van der Waals surface area contributed by atoms with Gasteiger partial charge in [0.15, 0.2) is 0 Å². The van der Waals surface area contributed by atoms with E-state index in [9.17, 15) is 9.59 Å². The minimum Gasteiger partial charge on any atom is -0.383 e. The van der Waals surface area contributed by atoms with E-state index in [-0.39, 0.29) is 12.1 Å². The summed E-state index contributed by atoms with van der Waals surface area (Å²) in [5.74, 6) is 0.0105. The SMILES string of the molecule is COCCN(Cc1ccccn1)C(=O)c1cnc(-c2ccccc2)[nH]c1=O. The normalized spacial score (nSPS) is 10.6. The summed E-state index contributed by atoms with van der Waals surface area (Å²) in [5.41, 5.74) is 1.02. The number of hydrogen-bond acceptors (Lipinski definition) is 5. The molecule has 1 amide bonds. The van der Waals surface area contributed by atoms with Crippen LogP contribution < -0.4 is 5.56 Å². The lowest BCUT2D eigenvalue weighted by Crippen LogP contribution is -2.37. The van der Waals surface area contributed by atoms with Crippen molar-refractivity contribution >= 4 is 5.91 Å². The molecule has 0 saturated heterocycles. The molecule has 0 saturated carbocycles. The van der Waals surface area contributed by atoms with Crippen LogP contribution in [0.15, 0.2) is 65.7 Å². The minimum atomic E-state index is -0.475. The number of pyridine rings is 1. The Bertz CT molecular complexity index is 942. The van der Waals surface area contributed by atoms with Crippen molar-refractivity contribution in [2.24, 2.45) is 0 Å². The molecule has 2 aromatic heterocycles. The van der Waals surface area contributed by atoms with Crippen molar-refractivity contribution in [2.45, 2.75) is 6.54 Å². The maximum Gasteiger partial charge on any atom is 0.264 e. The van der Waals surface area contributed by atoms with E-state index in [4.69, 9.17) is 4.74 Å². The molecule has 0 atom stereocenters. The van der Waals surface area contributed by atoms with Gasteiger partial charge in [-0.25, -0.2) is 4.98 Å². The number of nitrogens with zero attached hydrogens (tertiary/aromatic N) is 3. The lowest BCUT2D eigenvalue weighted by Gasteiger charge is -2.21. The first-order chi connectivity index (χ1) is 13.2. The third kappa shape index (κ3) is 4.65. The summed E-state index contributed by atoms with van der Waals surface area (Å²) in [6, 6.07) is 14.8. The molecule has 0 aliphatic rings. The largest absolute Gasteiger partial charge is 0.383 e. The van der Waals surface area contributed by atoms with Gasteiger partial charge in [-0.05, 0) is 12.1 Å². The number of nitrogens with one attached hydrogen (secondary N) is 1. The van der Waals surface area contributed by atoms with Gasteiger partial charge in [0.05, 0.1) is 18.8 Å². The summed E-state index contributed by atoms with van der Waals surface area (Å²) in [4.78, 5) is 38.1. The number of ether oxygens (including phenoxy) is 1.